The van der Waals surface area contributed by atoms with Crippen LogP contribution in [-0.2, 0) is 20.9 Å². The second kappa shape index (κ2) is 18.6. The van der Waals surface area contributed by atoms with Gasteiger partial charge in [0.05, 0.1) is 34.9 Å². The predicted molar refractivity (Wildman–Crippen MR) is 223 cm³/mol. The third kappa shape index (κ3) is 10.4. The van der Waals surface area contributed by atoms with Crippen molar-refractivity contribution in [3.05, 3.63) is 142 Å². The largest absolute Gasteiger partial charge is 0.504 e. The van der Waals surface area contributed by atoms with Crippen LogP contribution in [0, 0.1) is 0 Å². The maximum absolute atomic E-state index is 13.3. The van der Waals surface area contributed by atoms with E-state index in [1.807, 2.05) is 0 Å². The minimum atomic E-state index is -1.40. The van der Waals surface area contributed by atoms with Crippen molar-refractivity contribution in [1.82, 2.24) is 5.32 Å². The Morgan fingerprint density at radius 3 is 1.79 bits per heavy atom. The van der Waals surface area contributed by atoms with Crippen LogP contribution < -0.4 is 37.1 Å². The number of amides is 6. The van der Waals surface area contributed by atoms with Crippen molar-refractivity contribution < 1.29 is 58.0 Å². The van der Waals surface area contributed by atoms with Crippen LogP contribution in [0.2, 0.25) is 0 Å². The highest BCUT2D eigenvalue weighted by Crippen LogP contribution is 2.39. The molecule has 1 heterocycles. The van der Waals surface area contributed by atoms with Gasteiger partial charge in [0, 0.05) is 39.3 Å². The smallest absolute Gasteiger partial charge is 0.338 e. The molecule has 1 aliphatic heterocycles. The molecule has 6 amide bonds. The van der Waals surface area contributed by atoms with E-state index in [1.165, 1.54) is 97.1 Å². The Hall–Kier alpha value is -8.54. The highest BCUT2D eigenvalue weighted by atomic mass is 16.5. The minimum absolute atomic E-state index is 0.0184. The molecule has 1 aliphatic rings. The van der Waals surface area contributed by atoms with Crippen LogP contribution in [0.25, 0.3) is 0 Å². The quantitative estimate of drug-likeness (QED) is 0.0653. The number of primary amides is 1. The van der Waals surface area contributed by atoms with E-state index in [2.05, 4.69) is 26.6 Å². The Kier molecular flexibility index (Phi) is 12.9. The van der Waals surface area contributed by atoms with E-state index >= 15 is 0 Å². The van der Waals surface area contributed by atoms with E-state index in [-0.39, 0.29) is 51.7 Å². The number of hydrogen-bond acceptors (Lipinski definition) is 11. The van der Waals surface area contributed by atoms with Gasteiger partial charge in [-0.25, -0.2) is 9.59 Å². The van der Waals surface area contributed by atoms with Crippen LogP contribution in [0.1, 0.15) is 88.0 Å². The molecular weight excluding hydrogens is 805 g/mol. The number of aromatic hydroxyl groups is 1. The molecule has 5 aromatic carbocycles. The zero-order valence-corrected chi connectivity index (χ0v) is 32.9. The minimum Gasteiger partial charge on any atom is -0.504 e. The number of esters is 1. The van der Waals surface area contributed by atoms with Crippen LogP contribution in [0.15, 0.2) is 103 Å². The molecule has 6 rings (SSSR count). The molecule has 0 saturated carbocycles. The number of nitrogens with two attached hydrogens (primary N) is 1. The van der Waals surface area contributed by atoms with E-state index in [1.54, 1.807) is 19.9 Å². The first-order chi connectivity index (χ1) is 29.6. The predicted octanol–water partition coefficient (Wildman–Crippen LogP) is 4.92. The number of ether oxygens (including phenoxy) is 2. The van der Waals surface area contributed by atoms with Gasteiger partial charge in [-0.3, -0.25) is 28.8 Å². The summed E-state index contributed by atoms with van der Waals surface area (Å²) in [5, 5.41) is 33.2. The average Bonchev–Trinajstić information content (AvgIpc) is 3.61. The number of carbonyl (C=O) groups excluding carboxylic acids is 7. The number of carboxylic acid groups (broad SMARTS) is 1. The Labute approximate surface area is 352 Å². The third-order valence-electron chi connectivity index (χ3n) is 9.16. The molecule has 0 saturated heterocycles. The molecule has 0 spiro atoms. The van der Waals surface area contributed by atoms with Crippen molar-refractivity contribution in [2.75, 3.05) is 21.3 Å². The van der Waals surface area contributed by atoms with E-state index in [0.717, 1.165) is 0 Å². The highest BCUT2D eigenvalue weighted by molar-refractivity contribution is 6.10. The number of benzene rings is 5. The summed E-state index contributed by atoms with van der Waals surface area (Å²) in [5.41, 5.74) is 7.58. The Morgan fingerprint density at radius 2 is 1.21 bits per heavy atom. The van der Waals surface area contributed by atoms with Gasteiger partial charge in [-0.15, -0.1) is 0 Å². The van der Waals surface area contributed by atoms with Gasteiger partial charge in [0.15, 0.2) is 11.5 Å². The number of fused-ring (bicyclic) bond motifs is 1. The molecule has 0 radical (unpaired) electrons. The Bertz CT molecular complexity index is 2610. The van der Waals surface area contributed by atoms with Crippen LogP contribution in [0.5, 0.6) is 11.5 Å². The molecule has 5 aromatic rings. The maximum atomic E-state index is 13.3. The average molecular weight is 843 g/mol. The van der Waals surface area contributed by atoms with Crippen LogP contribution in [-0.4, -0.2) is 69.7 Å². The second-order valence-corrected chi connectivity index (χ2v) is 14.0. The summed E-state index contributed by atoms with van der Waals surface area (Å²) in [7, 11) is 0. The SMILES string of the molecule is CC(C)Oc1c(NC(=O)c2ccc(NC(=O)C(CC(N)=O)NC(=O)c3ccc(NC(=O)c4ccc5c(c4)COC5=O)cc3)cc2)ccc(C(=O)Nc2ccc(C(=O)O)cc2)c1O. The van der Waals surface area contributed by atoms with Gasteiger partial charge < -0.3 is 52.0 Å². The van der Waals surface area contributed by atoms with Gasteiger partial charge in [0.25, 0.3) is 23.6 Å². The van der Waals surface area contributed by atoms with Gasteiger partial charge in [0.1, 0.15) is 12.6 Å². The molecule has 0 fully saturated rings. The lowest BCUT2D eigenvalue weighted by atomic mass is 10.1. The number of rotatable bonds is 15. The summed E-state index contributed by atoms with van der Waals surface area (Å²) in [4.78, 5) is 100. The molecule has 18 nitrogen and oxygen atoms in total. The fourth-order valence-corrected chi connectivity index (χ4v) is 6.07. The number of carboxylic acids is 1. The van der Waals surface area contributed by atoms with Gasteiger partial charge in [-0.1, -0.05) is 0 Å². The molecule has 9 N–H and O–H groups in total. The lowest BCUT2D eigenvalue weighted by molar-refractivity contribution is -0.123. The summed E-state index contributed by atoms with van der Waals surface area (Å²) in [6.07, 6.45) is -1.03. The summed E-state index contributed by atoms with van der Waals surface area (Å²) in [6, 6.07) is 22.5. The molecule has 1 atom stereocenters. The normalized spacial score (nSPS) is 12.0. The van der Waals surface area contributed by atoms with Gasteiger partial charge >= 0.3 is 11.9 Å². The fourth-order valence-electron chi connectivity index (χ4n) is 6.07. The molecule has 0 aliphatic carbocycles. The molecular formula is C44H38N6O12. The monoisotopic (exact) mass is 842 g/mol. The molecule has 62 heavy (non-hydrogen) atoms. The second-order valence-electron chi connectivity index (χ2n) is 14.0. The summed E-state index contributed by atoms with van der Waals surface area (Å²) >= 11 is 0. The summed E-state index contributed by atoms with van der Waals surface area (Å²) < 4.78 is 10.7. The van der Waals surface area contributed by atoms with E-state index in [0.29, 0.717) is 22.4 Å². The van der Waals surface area contributed by atoms with Crippen molar-refractivity contribution in [3.8, 4) is 11.5 Å². The van der Waals surface area contributed by atoms with Gasteiger partial charge in [-0.2, -0.15) is 0 Å². The lowest BCUT2D eigenvalue weighted by Gasteiger charge is -2.19. The standard InChI is InChI=1S/C44H38N6O12/c1-22(2)62-37-33(18-17-32(36(37)52)41(56)47-29-14-7-25(8-15-29)43(58)59)49-38(53)23-5-12-30(13-6-23)48-42(57)34(20-35(45)51)50-39(54)24-3-10-28(11-4-24)46-40(55)26-9-16-31-27(19-26)21-61-44(31)60/h3-19,22,34,52H,20-21H2,1-2H3,(H2,45,51)(H,46,55)(H,47,56)(H,48,57)(H,49,53)(H,50,54)(H,58,59). The van der Waals surface area contributed by atoms with Crippen molar-refractivity contribution in [1.29, 1.82) is 0 Å². The van der Waals surface area contributed by atoms with E-state index < -0.39 is 71.7 Å². The number of cyclic esters (lactones) is 1. The first kappa shape index (κ1) is 43.0. The van der Waals surface area contributed by atoms with Crippen LogP contribution in [0.4, 0.5) is 22.7 Å². The van der Waals surface area contributed by atoms with E-state index in [4.69, 9.17) is 20.3 Å². The number of hydrogen-bond donors (Lipinski definition) is 8. The van der Waals surface area contributed by atoms with Crippen molar-refractivity contribution in [2.45, 2.75) is 39.0 Å². The fraction of sp³-hybridized carbons (Fsp3) is 0.136. The first-order valence-corrected chi connectivity index (χ1v) is 18.8. The molecule has 316 valence electrons. The van der Waals surface area contributed by atoms with Crippen LogP contribution in [0.3, 0.4) is 0 Å². The Balaban J connectivity index is 1.07. The number of anilines is 4. The molecule has 0 bridgehead atoms. The molecule has 18 heteroatoms. The van der Waals surface area contributed by atoms with Gasteiger partial charge in [-0.05, 0) is 117 Å². The molecule has 1 unspecified atom stereocenters. The number of aromatic carboxylic acids is 1. The van der Waals surface area contributed by atoms with Gasteiger partial charge in [0.2, 0.25) is 11.8 Å². The highest BCUT2D eigenvalue weighted by Gasteiger charge is 2.26. The number of nitrogens with one attached hydrogen (secondary N) is 5. The zero-order valence-electron chi connectivity index (χ0n) is 32.9. The topological polar surface area (TPSA) is 282 Å². The zero-order chi connectivity index (χ0) is 44.7. The summed E-state index contributed by atoms with van der Waals surface area (Å²) in [6.45, 7) is 3.43. The Morgan fingerprint density at radius 1 is 0.677 bits per heavy atom. The van der Waals surface area contributed by atoms with Crippen LogP contribution >= 0.6 is 0 Å². The van der Waals surface area contributed by atoms with Crippen molar-refractivity contribution in [3.63, 3.8) is 0 Å². The summed E-state index contributed by atoms with van der Waals surface area (Å²) in [5.74, 6) is -6.53. The number of carbonyl (C=O) groups is 8. The van der Waals surface area contributed by atoms with Crippen molar-refractivity contribution in [2.24, 2.45) is 5.73 Å². The van der Waals surface area contributed by atoms with Crippen molar-refractivity contribution >= 4 is 70.1 Å². The number of phenolic OH excluding ortho intramolecular Hbond substituents is 1. The third-order valence-corrected chi connectivity index (χ3v) is 9.16. The first-order valence-electron chi connectivity index (χ1n) is 18.8. The number of phenols is 1. The van der Waals surface area contributed by atoms with E-state index in [9.17, 15) is 43.5 Å². The lowest BCUT2D eigenvalue weighted by Crippen LogP contribution is -2.46. The molecule has 0 aromatic heterocycles. The maximum Gasteiger partial charge on any atom is 0.338 e.